The fourth-order valence-corrected chi connectivity index (χ4v) is 6.05. The van der Waals surface area contributed by atoms with Crippen LogP contribution in [0.25, 0.3) is 11.3 Å². The van der Waals surface area contributed by atoms with Gasteiger partial charge in [0.2, 0.25) is 0 Å². The Morgan fingerprint density at radius 1 is 0.872 bits per heavy atom. The summed E-state index contributed by atoms with van der Waals surface area (Å²) < 4.78 is 0. The second-order valence-electron chi connectivity index (χ2n) is 10.4. The van der Waals surface area contributed by atoms with Crippen LogP contribution in [-0.2, 0) is 13.1 Å². The Morgan fingerprint density at radius 3 is 2.08 bits per heavy atom. The molecule has 0 bridgehead atoms. The fourth-order valence-electron chi connectivity index (χ4n) is 5.25. The van der Waals surface area contributed by atoms with Crippen molar-refractivity contribution in [3.05, 3.63) is 100 Å². The van der Waals surface area contributed by atoms with Gasteiger partial charge in [-0.25, -0.2) is 9.78 Å². The van der Waals surface area contributed by atoms with Gasteiger partial charge in [-0.1, -0.05) is 67.8 Å². The largest absolute Gasteiger partial charge is 1.00 e. The number of carboxylic acids is 1. The Labute approximate surface area is 279 Å². The van der Waals surface area contributed by atoms with Gasteiger partial charge in [-0.2, -0.15) is 0 Å². The molecule has 0 aliphatic heterocycles. The molecule has 1 N–H and O–H groups in total. The second-order valence-corrected chi connectivity index (χ2v) is 11.2. The minimum absolute atomic E-state index is 0. The number of anilines is 2. The van der Waals surface area contributed by atoms with Crippen LogP contribution in [0.5, 0.6) is 0 Å². The fraction of sp³-hybridized carbons (Fsp3) is 0.312. The number of rotatable bonds is 9. The van der Waals surface area contributed by atoms with Crippen LogP contribution >= 0.6 is 11.3 Å². The van der Waals surface area contributed by atoms with Crippen molar-refractivity contribution in [2.24, 2.45) is 0 Å². The van der Waals surface area contributed by atoms with Crippen LogP contribution in [-0.4, -0.2) is 30.2 Å². The molecule has 1 aliphatic rings. The number of benzene rings is 3. The topological polar surface area (TPSA) is 56.7 Å². The molecule has 198 valence electrons. The molecule has 0 radical (unpaired) electrons. The average Bonchev–Trinajstić information content (AvgIpc) is 3.45. The Hall–Kier alpha value is -2.00. The number of carbonyl (C=O) groups is 1. The zero-order valence-electron chi connectivity index (χ0n) is 24.1. The van der Waals surface area contributed by atoms with E-state index in [2.05, 4.69) is 70.8 Å². The summed E-state index contributed by atoms with van der Waals surface area (Å²) in [5, 5.41) is 12.1. The summed E-state index contributed by atoms with van der Waals surface area (Å²) in [6.07, 6.45) is 6.81. The van der Waals surface area contributed by atoms with E-state index in [-0.39, 0.29) is 52.8 Å². The summed E-state index contributed by atoms with van der Waals surface area (Å²) >= 11 is 1.61. The molecular formula is C32H36KN3O2S. The van der Waals surface area contributed by atoms with Gasteiger partial charge in [0.1, 0.15) is 0 Å². The van der Waals surface area contributed by atoms with Crippen molar-refractivity contribution in [3.63, 3.8) is 0 Å². The molecular weight excluding hydrogens is 530 g/mol. The molecule has 0 amide bonds. The van der Waals surface area contributed by atoms with Crippen molar-refractivity contribution >= 4 is 28.1 Å². The summed E-state index contributed by atoms with van der Waals surface area (Å²) in [7, 11) is 4.15. The standard InChI is InChI=1S/C32H35N3O2S.K.H/c1-34(20-23-8-12-26(13-9-23)25-6-4-3-5-7-25)29-18-16-27(17-19-29)30-22-38-32(33-30)35(2)21-24-10-14-28(15-11-24)31(36)37;;/h8-19,22,25H,3-7,20-21H2,1-2H3,(H,36,37);;/q;+1;-1. The predicted octanol–water partition coefficient (Wildman–Crippen LogP) is 4.95. The van der Waals surface area contributed by atoms with Gasteiger partial charge in [0.15, 0.2) is 5.13 Å². The zero-order chi connectivity index (χ0) is 26.5. The average molecular weight is 566 g/mol. The van der Waals surface area contributed by atoms with Crippen molar-refractivity contribution in [1.29, 1.82) is 0 Å². The number of nitrogens with zero attached hydrogens (tertiary/aromatic N) is 3. The number of aromatic carboxylic acids is 1. The molecule has 1 heterocycles. The summed E-state index contributed by atoms with van der Waals surface area (Å²) in [6.45, 7) is 1.54. The summed E-state index contributed by atoms with van der Waals surface area (Å²) in [4.78, 5) is 20.3. The van der Waals surface area contributed by atoms with Crippen LogP contribution in [0.4, 0.5) is 10.8 Å². The van der Waals surface area contributed by atoms with Crippen LogP contribution < -0.4 is 61.2 Å². The maximum Gasteiger partial charge on any atom is 1.00 e. The number of thiazole rings is 1. The summed E-state index contributed by atoms with van der Waals surface area (Å²) in [5.41, 5.74) is 7.43. The van der Waals surface area contributed by atoms with Crippen LogP contribution in [0, 0.1) is 0 Å². The first-order valence-corrected chi connectivity index (χ1v) is 14.2. The van der Waals surface area contributed by atoms with Crippen LogP contribution in [0.1, 0.15) is 66.5 Å². The van der Waals surface area contributed by atoms with E-state index in [1.807, 2.05) is 19.2 Å². The van der Waals surface area contributed by atoms with E-state index in [0.29, 0.717) is 12.1 Å². The molecule has 0 spiro atoms. The smallest absolute Gasteiger partial charge is 1.00 e. The summed E-state index contributed by atoms with van der Waals surface area (Å²) in [6, 6.07) is 24.9. The normalized spacial score (nSPS) is 13.5. The third-order valence-corrected chi connectivity index (χ3v) is 8.47. The molecule has 0 unspecified atom stereocenters. The summed E-state index contributed by atoms with van der Waals surface area (Å²) in [5.74, 6) is -0.158. The molecule has 1 fully saturated rings. The van der Waals surface area contributed by atoms with Gasteiger partial charge in [-0.15, -0.1) is 11.3 Å². The maximum absolute atomic E-state index is 11.1. The first-order valence-electron chi connectivity index (χ1n) is 13.4. The Kier molecular flexibility index (Phi) is 10.8. The van der Waals surface area contributed by atoms with E-state index in [1.165, 1.54) is 48.9 Å². The third-order valence-electron chi connectivity index (χ3n) is 7.52. The molecule has 5 rings (SSSR count). The van der Waals surface area contributed by atoms with E-state index in [0.717, 1.165) is 34.4 Å². The molecule has 3 aromatic carbocycles. The maximum atomic E-state index is 11.1. The predicted molar refractivity (Wildman–Crippen MR) is 159 cm³/mol. The van der Waals surface area contributed by atoms with Crippen molar-refractivity contribution in [2.45, 2.75) is 51.1 Å². The molecule has 4 aromatic rings. The van der Waals surface area contributed by atoms with Crippen LogP contribution in [0.2, 0.25) is 0 Å². The minimum atomic E-state index is -0.907. The first-order chi connectivity index (χ1) is 18.5. The van der Waals surface area contributed by atoms with Crippen LogP contribution in [0.15, 0.2) is 78.2 Å². The van der Waals surface area contributed by atoms with Crippen molar-refractivity contribution in [2.75, 3.05) is 23.9 Å². The molecule has 1 saturated carbocycles. The van der Waals surface area contributed by atoms with Gasteiger partial charge in [0, 0.05) is 43.8 Å². The zero-order valence-corrected chi connectivity index (χ0v) is 27.1. The SMILES string of the molecule is CN(Cc1ccc(C2CCCCC2)cc1)c1ccc(-c2csc(N(C)Cc3ccc(C(=O)O)cc3)n2)cc1.[H-].[K+]. The van der Waals surface area contributed by atoms with E-state index in [4.69, 9.17) is 10.1 Å². The Balaban J connectivity index is 0.00000220. The second kappa shape index (κ2) is 14.1. The van der Waals surface area contributed by atoms with Gasteiger partial charge in [-0.3, -0.25) is 0 Å². The quantitative estimate of drug-likeness (QED) is 0.291. The van der Waals surface area contributed by atoms with Crippen molar-refractivity contribution < 1.29 is 62.7 Å². The van der Waals surface area contributed by atoms with Gasteiger partial charge >= 0.3 is 57.4 Å². The van der Waals surface area contributed by atoms with Crippen LogP contribution in [0.3, 0.4) is 0 Å². The van der Waals surface area contributed by atoms with Gasteiger partial charge in [0.05, 0.1) is 11.3 Å². The third kappa shape index (κ3) is 7.81. The monoisotopic (exact) mass is 565 g/mol. The molecule has 0 saturated heterocycles. The van der Waals surface area contributed by atoms with Gasteiger partial charge in [0.25, 0.3) is 0 Å². The number of hydrogen-bond donors (Lipinski definition) is 1. The molecule has 1 aliphatic carbocycles. The van der Waals surface area contributed by atoms with Crippen molar-refractivity contribution in [1.82, 2.24) is 4.98 Å². The number of carboxylic acid groups (broad SMARTS) is 1. The van der Waals surface area contributed by atoms with E-state index < -0.39 is 5.97 Å². The molecule has 1 aromatic heterocycles. The molecule has 7 heteroatoms. The van der Waals surface area contributed by atoms with Gasteiger partial charge < -0.3 is 16.3 Å². The van der Waals surface area contributed by atoms with E-state index in [1.54, 1.807) is 23.5 Å². The Morgan fingerprint density at radius 2 is 1.46 bits per heavy atom. The minimum Gasteiger partial charge on any atom is -1.00 e. The number of aromatic nitrogens is 1. The van der Waals surface area contributed by atoms with E-state index in [9.17, 15) is 4.79 Å². The Bertz CT molecular complexity index is 1350. The first kappa shape index (κ1) is 30.0. The number of hydrogen-bond acceptors (Lipinski definition) is 5. The molecule has 39 heavy (non-hydrogen) atoms. The van der Waals surface area contributed by atoms with Crippen molar-refractivity contribution in [3.8, 4) is 11.3 Å². The van der Waals surface area contributed by atoms with E-state index >= 15 is 0 Å². The van der Waals surface area contributed by atoms with Gasteiger partial charge in [-0.05, 0) is 59.7 Å². The molecule has 5 nitrogen and oxygen atoms in total. The molecule has 0 atom stereocenters.